The molecule has 1 aliphatic heterocycles. The number of carbonyl (C=O) groups is 1. The first-order chi connectivity index (χ1) is 14.7. The Morgan fingerprint density at radius 3 is 2.10 bits per heavy atom. The van der Waals surface area contributed by atoms with E-state index in [9.17, 15) is 9.90 Å². The molecule has 0 aliphatic carbocycles. The highest BCUT2D eigenvalue weighted by Gasteiger charge is 2.32. The van der Waals surface area contributed by atoms with E-state index < -0.39 is 11.9 Å². The Balaban J connectivity index is 1.58. The third kappa shape index (κ3) is 4.81. The van der Waals surface area contributed by atoms with Crippen molar-refractivity contribution in [3.8, 4) is 11.5 Å². The second-order valence-electron chi connectivity index (χ2n) is 7.45. The molecule has 3 aromatic carbocycles. The van der Waals surface area contributed by atoms with E-state index in [4.69, 9.17) is 9.47 Å². The van der Waals surface area contributed by atoms with Crippen LogP contribution in [0.15, 0.2) is 78.9 Å². The largest absolute Gasteiger partial charge is 0.485 e. The molecule has 0 aromatic heterocycles. The van der Waals surface area contributed by atoms with Crippen LogP contribution in [0, 0.1) is 5.92 Å². The van der Waals surface area contributed by atoms with Crippen molar-refractivity contribution in [1.82, 2.24) is 5.32 Å². The summed E-state index contributed by atoms with van der Waals surface area (Å²) < 4.78 is 12.4. The van der Waals surface area contributed by atoms with E-state index in [2.05, 4.69) is 5.32 Å². The smallest absolute Gasteiger partial charge is 0.307 e. The maximum absolute atomic E-state index is 11.4. The van der Waals surface area contributed by atoms with Crippen LogP contribution in [-0.4, -0.2) is 17.6 Å². The molecule has 1 aliphatic rings. The Morgan fingerprint density at radius 2 is 1.50 bits per heavy atom. The van der Waals surface area contributed by atoms with Crippen molar-refractivity contribution >= 4 is 5.97 Å². The molecule has 2 N–H and O–H groups in total. The zero-order chi connectivity index (χ0) is 20.8. The highest BCUT2D eigenvalue weighted by Crippen LogP contribution is 2.40. The number of carboxylic acid groups (broad SMARTS) is 1. The first kappa shape index (κ1) is 20.0. The van der Waals surface area contributed by atoms with Crippen molar-refractivity contribution < 1.29 is 19.4 Å². The number of ether oxygens (including phenoxy) is 2. The van der Waals surface area contributed by atoms with Gasteiger partial charge in [0.15, 0.2) is 11.5 Å². The summed E-state index contributed by atoms with van der Waals surface area (Å²) in [6.07, 6.45) is 0.527. The molecular weight excluding hydrogens is 378 g/mol. The van der Waals surface area contributed by atoms with E-state index in [0.717, 1.165) is 16.7 Å². The van der Waals surface area contributed by atoms with Crippen LogP contribution in [0.25, 0.3) is 0 Å². The van der Waals surface area contributed by atoms with E-state index in [-0.39, 0.29) is 6.04 Å². The number of hydrogen-bond donors (Lipinski definition) is 2. The fourth-order valence-electron chi connectivity index (χ4n) is 3.70. The molecule has 0 radical (unpaired) electrons. The predicted molar refractivity (Wildman–Crippen MR) is 114 cm³/mol. The summed E-state index contributed by atoms with van der Waals surface area (Å²) in [5.74, 6) is 0.160. The number of nitrogens with one attached hydrogen (secondary N) is 1. The van der Waals surface area contributed by atoms with Gasteiger partial charge in [-0.1, -0.05) is 72.8 Å². The average Bonchev–Trinajstić information content (AvgIpc) is 3.28. The summed E-state index contributed by atoms with van der Waals surface area (Å²) in [5.41, 5.74) is 3.06. The zero-order valence-electron chi connectivity index (χ0n) is 16.7. The molecule has 2 atom stereocenters. The minimum atomic E-state index is -0.770. The number of hydrogen-bond acceptors (Lipinski definition) is 4. The number of para-hydroxylation sites is 1. The van der Waals surface area contributed by atoms with Crippen LogP contribution in [0.3, 0.4) is 0 Å². The number of rotatable bonds is 8. The molecule has 2 unspecified atom stereocenters. The highest BCUT2D eigenvalue weighted by atomic mass is 16.5. The second kappa shape index (κ2) is 9.46. The Bertz CT molecular complexity index is 975. The number of aliphatic carboxylic acids is 1. The Labute approximate surface area is 176 Å². The standard InChI is InChI=1S/C25H25NO4/c27-25(28)20-14-22(26-15-20)21-12-7-13-23(29-16-18-8-3-1-4-9-18)24(21)30-17-19-10-5-2-6-11-19/h1-13,20,22,26H,14-17H2,(H,27,28). The molecule has 0 spiro atoms. The summed E-state index contributed by atoms with van der Waals surface area (Å²) in [7, 11) is 0. The molecule has 5 nitrogen and oxygen atoms in total. The summed E-state index contributed by atoms with van der Waals surface area (Å²) in [4.78, 5) is 11.4. The zero-order valence-corrected chi connectivity index (χ0v) is 16.7. The van der Waals surface area contributed by atoms with E-state index in [0.29, 0.717) is 37.7 Å². The third-order valence-electron chi connectivity index (χ3n) is 5.33. The summed E-state index contributed by atoms with van der Waals surface area (Å²) >= 11 is 0. The van der Waals surface area contributed by atoms with Crippen molar-refractivity contribution in [3.63, 3.8) is 0 Å². The minimum absolute atomic E-state index is 0.0860. The van der Waals surface area contributed by atoms with Gasteiger partial charge >= 0.3 is 5.97 Å². The molecule has 0 saturated carbocycles. The van der Waals surface area contributed by atoms with Crippen LogP contribution in [0.1, 0.15) is 29.2 Å². The van der Waals surface area contributed by atoms with E-state index >= 15 is 0 Å². The van der Waals surface area contributed by atoms with Gasteiger partial charge < -0.3 is 19.9 Å². The van der Waals surface area contributed by atoms with Gasteiger partial charge in [0.25, 0.3) is 0 Å². The molecule has 0 amide bonds. The minimum Gasteiger partial charge on any atom is -0.485 e. The lowest BCUT2D eigenvalue weighted by molar-refractivity contribution is -0.141. The summed E-state index contributed by atoms with van der Waals surface area (Å²) in [6.45, 7) is 1.30. The predicted octanol–water partition coefficient (Wildman–Crippen LogP) is 4.58. The van der Waals surface area contributed by atoms with Crippen LogP contribution in [0.2, 0.25) is 0 Å². The van der Waals surface area contributed by atoms with E-state index in [1.165, 1.54) is 0 Å². The van der Waals surface area contributed by atoms with Gasteiger partial charge in [-0.2, -0.15) is 0 Å². The SMILES string of the molecule is O=C(O)C1CNC(c2cccc(OCc3ccccc3)c2OCc2ccccc2)C1. The Morgan fingerprint density at radius 1 is 0.867 bits per heavy atom. The second-order valence-corrected chi connectivity index (χ2v) is 7.45. The lowest BCUT2D eigenvalue weighted by atomic mass is 9.99. The fourth-order valence-corrected chi connectivity index (χ4v) is 3.70. The maximum Gasteiger partial charge on any atom is 0.307 e. The van der Waals surface area contributed by atoms with E-state index in [1.807, 2.05) is 78.9 Å². The first-order valence-electron chi connectivity index (χ1n) is 10.1. The highest BCUT2D eigenvalue weighted by molar-refractivity contribution is 5.71. The molecular formula is C25H25NO4. The van der Waals surface area contributed by atoms with Gasteiger partial charge in [-0.05, 0) is 23.6 Å². The lowest BCUT2D eigenvalue weighted by Gasteiger charge is -2.20. The molecule has 154 valence electrons. The molecule has 30 heavy (non-hydrogen) atoms. The Hall–Kier alpha value is -3.31. The van der Waals surface area contributed by atoms with Crippen molar-refractivity contribution in [3.05, 3.63) is 95.6 Å². The molecule has 3 aromatic rings. The van der Waals surface area contributed by atoms with Crippen molar-refractivity contribution in [1.29, 1.82) is 0 Å². The van der Waals surface area contributed by atoms with Crippen LogP contribution < -0.4 is 14.8 Å². The molecule has 0 bridgehead atoms. The van der Waals surface area contributed by atoms with E-state index in [1.54, 1.807) is 0 Å². The van der Waals surface area contributed by atoms with Crippen molar-refractivity contribution in [2.24, 2.45) is 5.92 Å². The fraction of sp³-hybridized carbons (Fsp3) is 0.240. The maximum atomic E-state index is 11.4. The van der Waals surface area contributed by atoms with Gasteiger partial charge in [-0.15, -0.1) is 0 Å². The first-order valence-corrected chi connectivity index (χ1v) is 10.1. The normalized spacial score (nSPS) is 18.1. The quantitative estimate of drug-likeness (QED) is 0.576. The van der Waals surface area contributed by atoms with Crippen LogP contribution >= 0.6 is 0 Å². The average molecular weight is 403 g/mol. The number of benzene rings is 3. The molecule has 1 fully saturated rings. The van der Waals surface area contributed by atoms with Crippen LogP contribution in [0.5, 0.6) is 11.5 Å². The van der Waals surface area contributed by atoms with Crippen molar-refractivity contribution in [2.45, 2.75) is 25.7 Å². The van der Waals surface area contributed by atoms with Crippen LogP contribution in [0.4, 0.5) is 0 Å². The lowest BCUT2D eigenvalue weighted by Crippen LogP contribution is -2.17. The topological polar surface area (TPSA) is 67.8 Å². The molecule has 5 heteroatoms. The summed E-state index contributed by atoms with van der Waals surface area (Å²) in [6, 6.07) is 25.7. The molecule has 4 rings (SSSR count). The monoisotopic (exact) mass is 403 g/mol. The van der Waals surface area contributed by atoms with Crippen LogP contribution in [-0.2, 0) is 18.0 Å². The van der Waals surface area contributed by atoms with Gasteiger partial charge in [0.1, 0.15) is 13.2 Å². The van der Waals surface area contributed by atoms with Gasteiger partial charge in [-0.25, -0.2) is 0 Å². The Kier molecular flexibility index (Phi) is 6.30. The van der Waals surface area contributed by atoms with Gasteiger partial charge in [0, 0.05) is 18.2 Å². The van der Waals surface area contributed by atoms with Gasteiger partial charge in [0.2, 0.25) is 0 Å². The molecule has 1 saturated heterocycles. The number of carboxylic acids is 1. The van der Waals surface area contributed by atoms with Crippen molar-refractivity contribution in [2.75, 3.05) is 6.54 Å². The van der Waals surface area contributed by atoms with Gasteiger partial charge in [-0.3, -0.25) is 4.79 Å². The summed E-state index contributed by atoms with van der Waals surface area (Å²) in [5, 5.41) is 12.7. The van der Waals surface area contributed by atoms with Gasteiger partial charge in [0.05, 0.1) is 5.92 Å². The third-order valence-corrected chi connectivity index (χ3v) is 5.33. The molecule has 1 heterocycles.